The summed E-state index contributed by atoms with van der Waals surface area (Å²) in [6.45, 7) is 2.32. The van der Waals surface area contributed by atoms with Gasteiger partial charge in [0.15, 0.2) is 0 Å². The molecule has 0 aromatic heterocycles. The van der Waals surface area contributed by atoms with Gasteiger partial charge in [-0.15, -0.1) is 0 Å². The summed E-state index contributed by atoms with van der Waals surface area (Å²) >= 11 is 0. The topological polar surface area (TPSA) is 64.3 Å². The monoisotopic (exact) mass is 238 g/mol. The molecule has 1 fully saturated rings. The van der Waals surface area contributed by atoms with Gasteiger partial charge in [0.05, 0.1) is 18.8 Å². The second-order valence-electron chi connectivity index (χ2n) is 4.42. The van der Waals surface area contributed by atoms with Gasteiger partial charge in [0.25, 0.3) is 0 Å². The molecule has 1 aromatic carbocycles. The van der Waals surface area contributed by atoms with Crippen LogP contribution in [0.25, 0.3) is 0 Å². The van der Waals surface area contributed by atoms with Crippen molar-refractivity contribution in [2.45, 2.75) is 18.9 Å². The fraction of sp³-hybridized carbons (Fsp3) is 0.417. The van der Waals surface area contributed by atoms with Crippen molar-refractivity contribution < 1.29 is 13.9 Å². The van der Waals surface area contributed by atoms with E-state index in [1.807, 2.05) is 0 Å². The Bertz CT molecular complexity index is 450. The van der Waals surface area contributed by atoms with Crippen molar-refractivity contribution in [1.82, 2.24) is 5.32 Å². The molecule has 1 aromatic rings. The number of amides is 1. The number of nitrogens with one attached hydrogen (secondary N) is 1. The largest absolute Gasteiger partial charge is 0.399 e. The van der Waals surface area contributed by atoms with Crippen molar-refractivity contribution in [3.63, 3.8) is 0 Å². The van der Waals surface area contributed by atoms with E-state index < -0.39 is 11.4 Å². The maximum Gasteiger partial charge on any atom is 0.223 e. The normalized spacial score (nSPS) is 25.2. The molecule has 1 amide bonds. The fourth-order valence-electron chi connectivity index (χ4n) is 1.96. The van der Waals surface area contributed by atoms with E-state index >= 15 is 0 Å². The van der Waals surface area contributed by atoms with Crippen molar-refractivity contribution in [2.75, 3.05) is 18.9 Å². The summed E-state index contributed by atoms with van der Waals surface area (Å²) in [7, 11) is 0. The summed E-state index contributed by atoms with van der Waals surface area (Å²) in [5.41, 5.74) is 5.59. The first-order valence-corrected chi connectivity index (χ1v) is 5.45. The minimum atomic E-state index is -0.868. The molecule has 2 rings (SSSR count). The van der Waals surface area contributed by atoms with Gasteiger partial charge in [0, 0.05) is 17.7 Å². The van der Waals surface area contributed by atoms with Crippen molar-refractivity contribution in [3.8, 4) is 0 Å². The van der Waals surface area contributed by atoms with Crippen LogP contribution < -0.4 is 11.1 Å². The van der Waals surface area contributed by atoms with Gasteiger partial charge in [-0.1, -0.05) is 0 Å². The minimum absolute atomic E-state index is 0.146. The molecule has 5 heteroatoms. The number of carbonyl (C=O) groups excluding carboxylic acids is 1. The van der Waals surface area contributed by atoms with E-state index in [0.717, 1.165) is 0 Å². The van der Waals surface area contributed by atoms with Gasteiger partial charge < -0.3 is 15.8 Å². The highest BCUT2D eigenvalue weighted by Gasteiger charge is 2.33. The first-order chi connectivity index (χ1) is 8.01. The molecule has 1 aliphatic heterocycles. The Labute approximate surface area is 98.9 Å². The SMILES string of the molecule is C[C@@]1(c2cc(N)ccc2F)COCCC(=O)N1. The predicted octanol–water partition coefficient (Wildman–Crippen LogP) is 1.16. The summed E-state index contributed by atoms with van der Waals surface area (Å²) in [5, 5.41) is 2.78. The number of nitrogen functional groups attached to an aromatic ring is 1. The predicted molar refractivity (Wildman–Crippen MR) is 61.7 cm³/mol. The minimum Gasteiger partial charge on any atom is -0.399 e. The number of hydrogen-bond acceptors (Lipinski definition) is 3. The molecular formula is C12H15FN2O2. The fourth-order valence-corrected chi connectivity index (χ4v) is 1.96. The summed E-state index contributed by atoms with van der Waals surface area (Å²) in [5.74, 6) is -0.542. The standard InChI is InChI=1S/C12H15FN2O2/c1-12(7-17-5-4-11(16)15-12)9-6-8(14)2-3-10(9)13/h2-3,6H,4-5,7,14H2,1H3,(H,15,16)/t12-/m0/s1. The molecule has 0 spiro atoms. The van der Waals surface area contributed by atoms with Crippen LogP contribution in [0.4, 0.5) is 10.1 Å². The smallest absolute Gasteiger partial charge is 0.223 e. The zero-order valence-electron chi connectivity index (χ0n) is 9.63. The molecule has 0 aliphatic carbocycles. The highest BCUT2D eigenvalue weighted by Crippen LogP contribution is 2.27. The lowest BCUT2D eigenvalue weighted by atomic mass is 9.92. The van der Waals surface area contributed by atoms with E-state index in [2.05, 4.69) is 5.32 Å². The molecule has 1 saturated heterocycles. The summed E-state index contributed by atoms with van der Waals surface area (Å²) < 4.78 is 19.1. The third-order valence-electron chi connectivity index (χ3n) is 2.86. The van der Waals surface area contributed by atoms with Gasteiger partial charge in [-0.2, -0.15) is 0 Å². The lowest BCUT2D eigenvalue weighted by molar-refractivity contribution is -0.122. The van der Waals surface area contributed by atoms with Crippen molar-refractivity contribution in [1.29, 1.82) is 0 Å². The van der Waals surface area contributed by atoms with Gasteiger partial charge in [-0.05, 0) is 25.1 Å². The van der Waals surface area contributed by atoms with Crippen LogP contribution in [0.5, 0.6) is 0 Å². The average molecular weight is 238 g/mol. The number of hydrogen-bond donors (Lipinski definition) is 2. The summed E-state index contributed by atoms with van der Waals surface area (Å²) in [4.78, 5) is 11.5. The van der Waals surface area contributed by atoms with Crippen LogP contribution in [0.2, 0.25) is 0 Å². The first-order valence-electron chi connectivity index (χ1n) is 5.45. The molecule has 1 heterocycles. The number of nitrogens with two attached hydrogens (primary N) is 1. The highest BCUT2D eigenvalue weighted by atomic mass is 19.1. The molecule has 17 heavy (non-hydrogen) atoms. The van der Waals surface area contributed by atoms with Gasteiger partial charge in [-0.25, -0.2) is 4.39 Å². The van der Waals surface area contributed by atoms with E-state index in [4.69, 9.17) is 10.5 Å². The van der Waals surface area contributed by atoms with Crippen LogP contribution in [-0.4, -0.2) is 19.1 Å². The van der Waals surface area contributed by atoms with E-state index in [0.29, 0.717) is 24.3 Å². The van der Waals surface area contributed by atoms with E-state index in [1.165, 1.54) is 18.2 Å². The number of anilines is 1. The quantitative estimate of drug-likeness (QED) is 0.722. The van der Waals surface area contributed by atoms with Crippen LogP contribution in [0.15, 0.2) is 18.2 Å². The number of ether oxygens (including phenoxy) is 1. The number of benzene rings is 1. The van der Waals surface area contributed by atoms with Gasteiger partial charge in [-0.3, -0.25) is 4.79 Å². The second-order valence-corrected chi connectivity index (χ2v) is 4.42. The molecule has 92 valence electrons. The first kappa shape index (κ1) is 11.9. The highest BCUT2D eigenvalue weighted by molar-refractivity contribution is 5.77. The van der Waals surface area contributed by atoms with E-state index in [1.54, 1.807) is 6.92 Å². The van der Waals surface area contributed by atoms with Crippen molar-refractivity contribution in [3.05, 3.63) is 29.6 Å². The Hall–Kier alpha value is -1.62. The Morgan fingerprint density at radius 1 is 1.53 bits per heavy atom. The van der Waals surface area contributed by atoms with E-state index in [9.17, 15) is 9.18 Å². The average Bonchev–Trinajstić information content (AvgIpc) is 2.44. The number of halogens is 1. The van der Waals surface area contributed by atoms with Gasteiger partial charge in [0.2, 0.25) is 5.91 Å². The lowest BCUT2D eigenvalue weighted by Crippen LogP contribution is -2.45. The second kappa shape index (κ2) is 4.33. The number of carbonyl (C=O) groups is 1. The maximum absolute atomic E-state index is 13.8. The lowest BCUT2D eigenvalue weighted by Gasteiger charge is -2.29. The summed E-state index contributed by atoms with van der Waals surface area (Å²) in [6.07, 6.45) is 0.291. The zero-order valence-corrected chi connectivity index (χ0v) is 9.63. The Kier molecular flexibility index (Phi) is 3.02. The van der Waals surface area contributed by atoms with Crippen molar-refractivity contribution >= 4 is 11.6 Å². The van der Waals surface area contributed by atoms with Crippen LogP contribution in [0, 0.1) is 5.82 Å². The van der Waals surface area contributed by atoms with E-state index in [-0.39, 0.29) is 12.5 Å². The Balaban J connectivity index is 2.41. The third kappa shape index (κ3) is 2.39. The molecule has 1 atom stereocenters. The van der Waals surface area contributed by atoms with Crippen LogP contribution in [0.3, 0.4) is 0 Å². The molecule has 0 bridgehead atoms. The molecule has 0 radical (unpaired) electrons. The molecular weight excluding hydrogens is 223 g/mol. The Morgan fingerprint density at radius 2 is 2.29 bits per heavy atom. The summed E-state index contributed by atoms with van der Waals surface area (Å²) in [6, 6.07) is 4.32. The molecule has 4 nitrogen and oxygen atoms in total. The Morgan fingerprint density at radius 3 is 3.06 bits per heavy atom. The zero-order chi connectivity index (χ0) is 12.5. The van der Waals surface area contributed by atoms with Crippen LogP contribution >= 0.6 is 0 Å². The van der Waals surface area contributed by atoms with Crippen LogP contribution in [0.1, 0.15) is 18.9 Å². The van der Waals surface area contributed by atoms with Crippen molar-refractivity contribution in [2.24, 2.45) is 0 Å². The molecule has 0 unspecified atom stereocenters. The molecule has 1 aliphatic rings. The molecule has 0 saturated carbocycles. The van der Waals surface area contributed by atoms with Crippen LogP contribution in [-0.2, 0) is 15.1 Å². The number of rotatable bonds is 1. The van der Waals surface area contributed by atoms with Gasteiger partial charge in [0.1, 0.15) is 5.82 Å². The third-order valence-corrected chi connectivity index (χ3v) is 2.86. The maximum atomic E-state index is 13.8. The van der Waals surface area contributed by atoms with Gasteiger partial charge >= 0.3 is 0 Å². The molecule has 3 N–H and O–H groups in total.